The van der Waals surface area contributed by atoms with E-state index in [1.54, 1.807) is 32.4 Å². The Bertz CT molecular complexity index is 708. The molecule has 0 atom stereocenters. The highest BCUT2D eigenvalue weighted by atomic mass is 16.5. The van der Waals surface area contributed by atoms with Crippen LogP contribution < -0.4 is 24.3 Å². The van der Waals surface area contributed by atoms with Crippen LogP contribution in [-0.4, -0.2) is 32.8 Å². The third-order valence-corrected chi connectivity index (χ3v) is 3.45. The van der Waals surface area contributed by atoms with E-state index in [4.69, 9.17) is 18.9 Å². The van der Waals surface area contributed by atoms with Crippen LogP contribution in [0, 0.1) is 0 Å². The molecule has 0 aliphatic rings. The number of nitrogens with one attached hydrogen (secondary N) is 1. The summed E-state index contributed by atoms with van der Waals surface area (Å²) in [4.78, 5) is 12.0. The highest BCUT2D eigenvalue weighted by Gasteiger charge is 2.07. The van der Waals surface area contributed by atoms with Crippen molar-refractivity contribution in [2.75, 3.05) is 20.8 Å². The van der Waals surface area contributed by atoms with Crippen LogP contribution in [0.5, 0.6) is 23.0 Å². The fraction of sp³-hybridized carbons (Fsp3) is 0.350. The van der Waals surface area contributed by atoms with Gasteiger partial charge in [-0.05, 0) is 31.5 Å². The molecule has 2 aromatic rings. The fourth-order valence-corrected chi connectivity index (χ4v) is 2.27. The van der Waals surface area contributed by atoms with Crippen molar-refractivity contribution in [2.24, 2.45) is 0 Å². The highest BCUT2D eigenvalue weighted by molar-refractivity contribution is 5.77. The van der Waals surface area contributed by atoms with E-state index in [1.165, 1.54) is 0 Å². The lowest BCUT2D eigenvalue weighted by atomic mass is 10.2. The lowest BCUT2D eigenvalue weighted by Gasteiger charge is -2.12. The van der Waals surface area contributed by atoms with Crippen molar-refractivity contribution in [3.63, 3.8) is 0 Å². The minimum Gasteiger partial charge on any atom is -0.496 e. The number of hydrogen-bond acceptors (Lipinski definition) is 5. The molecule has 140 valence electrons. The predicted octanol–water partition coefficient (Wildman–Crippen LogP) is 3.19. The van der Waals surface area contributed by atoms with Crippen LogP contribution in [0.25, 0.3) is 0 Å². The second-order valence-electron chi connectivity index (χ2n) is 5.93. The molecule has 0 saturated heterocycles. The number of amides is 1. The molecular formula is C20H25NO5. The Morgan fingerprint density at radius 2 is 1.62 bits per heavy atom. The molecule has 2 aromatic carbocycles. The van der Waals surface area contributed by atoms with E-state index in [9.17, 15) is 4.79 Å². The molecule has 6 nitrogen and oxygen atoms in total. The Hall–Kier alpha value is -2.89. The maximum atomic E-state index is 12.0. The molecule has 26 heavy (non-hydrogen) atoms. The van der Waals surface area contributed by atoms with Crippen LogP contribution in [-0.2, 0) is 11.3 Å². The van der Waals surface area contributed by atoms with Crippen molar-refractivity contribution in [3.8, 4) is 23.0 Å². The van der Waals surface area contributed by atoms with Crippen molar-refractivity contribution >= 4 is 5.91 Å². The average molecular weight is 359 g/mol. The number of methoxy groups -OCH3 is 2. The molecule has 2 rings (SSSR count). The second-order valence-corrected chi connectivity index (χ2v) is 5.93. The second kappa shape index (κ2) is 9.56. The van der Waals surface area contributed by atoms with E-state index < -0.39 is 0 Å². The van der Waals surface area contributed by atoms with Crippen LogP contribution in [0.2, 0.25) is 0 Å². The molecule has 0 heterocycles. The van der Waals surface area contributed by atoms with Gasteiger partial charge in [0.1, 0.15) is 23.0 Å². The van der Waals surface area contributed by atoms with Gasteiger partial charge in [-0.25, -0.2) is 0 Å². The summed E-state index contributed by atoms with van der Waals surface area (Å²) < 4.78 is 21.5. The Labute approximate surface area is 154 Å². The monoisotopic (exact) mass is 359 g/mol. The number of carbonyl (C=O) groups is 1. The van der Waals surface area contributed by atoms with Crippen molar-refractivity contribution in [3.05, 3.63) is 48.0 Å². The lowest BCUT2D eigenvalue weighted by molar-refractivity contribution is -0.123. The summed E-state index contributed by atoms with van der Waals surface area (Å²) in [7, 11) is 3.12. The molecule has 0 radical (unpaired) electrons. The maximum Gasteiger partial charge on any atom is 0.258 e. The summed E-state index contributed by atoms with van der Waals surface area (Å²) in [5, 5.41) is 2.82. The number of benzene rings is 2. The van der Waals surface area contributed by atoms with E-state index in [0.29, 0.717) is 23.8 Å². The summed E-state index contributed by atoms with van der Waals surface area (Å²) in [6, 6.07) is 12.8. The lowest BCUT2D eigenvalue weighted by Crippen LogP contribution is -2.28. The minimum absolute atomic E-state index is 0.0987. The molecule has 0 fully saturated rings. The van der Waals surface area contributed by atoms with Gasteiger partial charge in [-0.3, -0.25) is 4.79 Å². The molecule has 0 spiro atoms. The van der Waals surface area contributed by atoms with Gasteiger partial charge in [0, 0.05) is 24.7 Å². The highest BCUT2D eigenvalue weighted by Crippen LogP contribution is 2.27. The Balaban J connectivity index is 1.86. The van der Waals surface area contributed by atoms with Gasteiger partial charge in [0.25, 0.3) is 5.91 Å². The van der Waals surface area contributed by atoms with E-state index in [0.717, 1.165) is 11.3 Å². The van der Waals surface area contributed by atoms with Gasteiger partial charge in [-0.15, -0.1) is 0 Å². The van der Waals surface area contributed by atoms with Gasteiger partial charge < -0.3 is 24.3 Å². The third-order valence-electron chi connectivity index (χ3n) is 3.45. The molecule has 0 aliphatic heterocycles. The van der Waals surface area contributed by atoms with Gasteiger partial charge in [0.05, 0.1) is 20.3 Å². The molecule has 0 bridgehead atoms. The minimum atomic E-state index is -0.220. The molecule has 0 aliphatic carbocycles. The van der Waals surface area contributed by atoms with Crippen molar-refractivity contribution in [1.29, 1.82) is 0 Å². The number of hydrogen-bond donors (Lipinski definition) is 1. The van der Waals surface area contributed by atoms with Gasteiger partial charge in [0.2, 0.25) is 0 Å². The maximum absolute atomic E-state index is 12.0. The Kier molecular flexibility index (Phi) is 7.14. The van der Waals surface area contributed by atoms with Crippen molar-refractivity contribution < 1.29 is 23.7 Å². The summed E-state index contributed by atoms with van der Waals surface area (Å²) in [5.41, 5.74) is 0.958. The molecule has 1 N–H and O–H groups in total. The standard InChI is InChI=1S/C20H25NO5/c1-14(2)26-16-7-5-6-15(8-16)12-21-20(22)13-25-19-10-17(23-3)9-18(11-19)24-4/h5-11,14H,12-13H2,1-4H3,(H,21,22). The van der Waals surface area contributed by atoms with Gasteiger partial charge >= 0.3 is 0 Å². The summed E-state index contributed by atoms with van der Waals surface area (Å²) in [6.45, 7) is 4.25. The topological polar surface area (TPSA) is 66.0 Å². The molecule has 6 heteroatoms. The van der Waals surface area contributed by atoms with Crippen molar-refractivity contribution in [1.82, 2.24) is 5.32 Å². The SMILES string of the molecule is COc1cc(OC)cc(OCC(=O)NCc2cccc(OC(C)C)c2)c1. The van der Waals surface area contributed by atoms with Crippen LogP contribution in [0.3, 0.4) is 0 Å². The summed E-state index contributed by atoms with van der Waals surface area (Å²) in [5.74, 6) is 2.26. The number of rotatable bonds is 9. The van der Waals surface area contributed by atoms with Crippen molar-refractivity contribution in [2.45, 2.75) is 26.5 Å². The third kappa shape index (κ3) is 6.20. The van der Waals surface area contributed by atoms with Crippen LogP contribution >= 0.6 is 0 Å². The number of ether oxygens (including phenoxy) is 4. The van der Waals surface area contributed by atoms with E-state index in [1.807, 2.05) is 38.1 Å². The smallest absolute Gasteiger partial charge is 0.258 e. The largest absolute Gasteiger partial charge is 0.496 e. The van der Waals surface area contributed by atoms with Crippen LogP contribution in [0.1, 0.15) is 19.4 Å². The van der Waals surface area contributed by atoms with E-state index in [2.05, 4.69) is 5.32 Å². The summed E-state index contributed by atoms with van der Waals surface area (Å²) >= 11 is 0. The summed E-state index contributed by atoms with van der Waals surface area (Å²) in [6.07, 6.45) is 0.105. The number of carbonyl (C=O) groups excluding carboxylic acids is 1. The zero-order chi connectivity index (χ0) is 18.9. The first-order valence-electron chi connectivity index (χ1n) is 8.38. The quantitative estimate of drug-likeness (QED) is 0.745. The predicted molar refractivity (Wildman–Crippen MR) is 99.1 cm³/mol. The molecule has 0 saturated carbocycles. The Morgan fingerprint density at radius 1 is 0.962 bits per heavy atom. The molecular weight excluding hydrogens is 334 g/mol. The molecule has 0 unspecified atom stereocenters. The first-order chi connectivity index (χ1) is 12.5. The van der Waals surface area contributed by atoms with Crippen LogP contribution in [0.4, 0.5) is 0 Å². The molecule has 0 aromatic heterocycles. The van der Waals surface area contributed by atoms with Gasteiger partial charge in [-0.1, -0.05) is 12.1 Å². The average Bonchev–Trinajstić information content (AvgIpc) is 2.64. The van der Waals surface area contributed by atoms with Gasteiger partial charge in [0.15, 0.2) is 6.61 Å². The zero-order valence-corrected chi connectivity index (χ0v) is 15.6. The first-order valence-corrected chi connectivity index (χ1v) is 8.38. The Morgan fingerprint density at radius 3 is 2.23 bits per heavy atom. The molecule has 1 amide bonds. The van der Waals surface area contributed by atoms with Gasteiger partial charge in [-0.2, -0.15) is 0 Å². The first kappa shape index (κ1) is 19.4. The fourth-order valence-electron chi connectivity index (χ4n) is 2.27. The van der Waals surface area contributed by atoms with E-state index >= 15 is 0 Å². The van der Waals surface area contributed by atoms with E-state index in [-0.39, 0.29) is 18.6 Å². The van der Waals surface area contributed by atoms with Crippen LogP contribution in [0.15, 0.2) is 42.5 Å². The zero-order valence-electron chi connectivity index (χ0n) is 15.6. The normalized spacial score (nSPS) is 10.3.